The van der Waals surface area contributed by atoms with Crippen LogP contribution in [0.5, 0.6) is 0 Å². The Hall–Kier alpha value is -2.09. The van der Waals surface area contributed by atoms with Gasteiger partial charge < -0.3 is 10.4 Å². The standard InChI is InChI=1S/C20H21ClN4O2S/c21-17-4-2-1-3-15(17)16-11-13-12-22-20(23-14-5-9-28-10-6-14)24-18(13)25(7-8-26)19(16)27/h1-4,11-12,14,26H,5-10H2,(H,22,23,24). The summed E-state index contributed by atoms with van der Waals surface area (Å²) in [7, 11) is 0. The molecule has 0 saturated carbocycles. The van der Waals surface area contributed by atoms with Crippen LogP contribution in [-0.2, 0) is 6.54 Å². The first kappa shape index (κ1) is 19.2. The number of pyridine rings is 1. The molecule has 0 radical (unpaired) electrons. The van der Waals surface area contributed by atoms with Gasteiger partial charge in [0, 0.05) is 33.8 Å². The highest BCUT2D eigenvalue weighted by atomic mass is 35.5. The van der Waals surface area contributed by atoms with E-state index in [0.717, 1.165) is 29.7 Å². The first-order valence-corrected chi connectivity index (χ1v) is 10.8. The molecular weight excluding hydrogens is 396 g/mol. The monoisotopic (exact) mass is 416 g/mol. The van der Waals surface area contributed by atoms with Gasteiger partial charge in [0.2, 0.25) is 5.95 Å². The second kappa shape index (κ2) is 8.51. The lowest BCUT2D eigenvalue weighted by atomic mass is 10.1. The predicted molar refractivity (Wildman–Crippen MR) is 115 cm³/mol. The van der Waals surface area contributed by atoms with E-state index >= 15 is 0 Å². The molecule has 3 aromatic rings. The Morgan fingerprint density at radius 1 is 1.25 bits per heavy atom. The Morgan fingerprint density at radius 3 is 2.79 bits per heavy atom. The van der Waals surface area contributed by atoms with Crippen molar-refractivity contribution in [3.8, 4) is 11.1 Å². The lowest BCUT2D eigenvalue weighted by molar-refractivity contribution is 0.276. The van der Waals surface area contributed by atoms with E-state index in [-0.39, 0.29) is 18.7 Å². The third-order valence-corrected chi connectivity index (χ3v) is 6.25. The SMILES string of the molecule is O=c1c(-c2ccccc2Cl)cc2cnc(NC3CCSCC3)nc2n1CCO. The van der Waals surface area contributed by atoms with Crippen LogP contribution in [0.3, 0.4) is 0 Å². The Balaban J connectivity index is 1.81. The highest BCUT2D eigenvalue weighted by Crippen LogP contribution is 2.27. The highest BCUT2D eigenvalue weighted by Gasteiger charge is 2.17. The van der Waals surface area contributed by atoms with E-state index in [4.69, 9.17) is 11.6 Å². The summed E-state index contributed by atoms with van der Waals surface area (Å²) in [6, 6.07) is 9.35. The third kappa shape index (κ3) is 3.87. The number of halogens is 1. The molecule has 0 atom stereocenters. The topological polar surface area (TPSA) is 80.0 Å². The molecule has 0 aliphatic carbocycles. The molecule has 4 rings (SSSR count). The maximum Gasteiger partial charge on any atom is 0.260 e. The number of aliphatic hydroxyl groups excluding tert-OH is 1. The van der Waals surface area contributed by atoms with Gasteiger partial charge in [0.05, 0.1) is 13.2 Å². The zero-order chi connectivity index (χ0) is 19.5. The first-order valence-electron chi connectivity index (χ1n) is 9.28. The quantitative estimate of drug-likeness (QED) is 0.663. The molecule has 0 bridgehead atoms. The normalized spacial score (nSPS) is 15.1. The van der Waals surface area contributed by atoms with Crippen molar-refractivity contribution in [3.05, 3.63) is 51.9 Å². The third-order valence-electron chi connectivity index (χ3n) is 4.87. The number of rotatable bonds is 5. The highest BCUT2D eigenvalue weighted by molar-refractivity contribution is 7.99. The van der Waals surface area contributed by atoms with Crippen LogP contribution in [0.1, 0.15) is 12.8 Å². The Labute approximate surface area is 172 Å². The molecule has 2 N–H and O–H groups in total. The average Bonchev–Trinajstić information content (AvgIpc) is 2.71. The van der Waals surface area contributed by atoms with Crippen LogP contribution in [-0.4, -0.2) is 43.8 Å². The number of nitrogens with one attached hydrogen (secondary N) is 1. The van der Waals surface area contributed by atoms with Crippen LogP contribution < -0.4 is 10.9 Å². The van der Waals surface area contributed by atoms with Crippen LogP contribution in [0.4, 0.5) is 5.95 Å². The second-order valence-electron chi connectivity index (χ2n) is 6.72. The van der Waals surface area contributed by atoms with E-state index in [1.807, 2.05) is 30.0 Å². The van der Waals surface area contributed by atoms with Crippen LogP contribution in [0, 0.1) is 0 Å². The van der Waals surface area contributed by atoms with E-state index in [9.17, 15) is 9.90 Å². The van der Waals surface area contributed by atoms with Crippen molar-refractivity contribution in [2.45, 2.75) is 25.4 Å². The van der Waals surface area contributed by atoms with Crippen molar-refractivity contribution in [1.29, 1.82) is 0 Å². The summed E-state index contributed by atoms with van der Waals surface area (Å²) in [5.74, 6) is 2.77. The molecule has 1 fully saturated rings. The maximum atomic E-state index is 13.1. The van der Waals surface area contributed by atoms with Gasteiger partial charge in [-0.25, -0.2) is 4.98 Å². The summed E-state index contributed by atoms with van der Waals surface area (Å²) in [5, 5.41) is 14.1. The van der Waals surface area contributed by atoms with Crippen LogP contribution >= 0.6 is 23.4 Å². The number of benzene rings is 1. The van der Waals surface area contributed by atoms with E-state index in [0.29, 0.717) is 33.8 Å². The largest absolute Gasteiger partial charge is 0.395 e. The Kier molecular flexibility index (Phi) is 5.85. The minimum absolute atomic E-state index is 0.157. The fourth-order valence-electron chi connectivity index (χ4n) is 3.43. The number of hydrogen-bond acceptors (Lipinski definition) is 6. The summed E-state index contributed by atoms with van der Waals surface area (Å²) in [6.07, 6.45) is 3.86. The molecule has 28 heavy (non-hydrogen) atoms. The zero-order valence-corrected chi connectivity index (χ0v) is 16.8. The molecule has 0 amide bonds. The van der Waals surface area contributed by atoms with Crippen molar-refractivity contribution in [1.82, 2.24) is 14.5 Å². The molecule has 1 aliphatic rings. The van der Waals surface area contributed by atoms with E-state index in [1.165, 1.54) is 4.57 Å². The number of thioether (sulfide) groups is 1. The van der Waals surface area contributed by atoms with Crippen LogP contribution in [0.25, 0.3) is 22.2 Å². The van der Waals surface area contributed by atoms with Crippen molar-refractivity contribution in [3.63, 3.8) is 0 Å². The van der Waals surface area contributed by atoms with Crippen molar-refractivity contribution in [2.24, 2.45) is 0 Å². The van der Waals surface area contributed by atoms with Gasteiger partial charge in [-0.15, -0.1) is 0 Å². The smallest absolute Gasteiger partial charge is 0.260 e. The van der Waals surface area contributed by atoms with Crippen LogP contribution in [0.15, 0.2) is 41.3 Å². The molecule has 6 nitrogen and oxygen atoms in total. The number of hydrogen-bond donors (Lipinski definition) is 2. The van der Waals surface area contributed by atoms with Gasteiger partial charge in [-0.2, -0.15) is 16.7 Å². The van der Waals surface area contributed by atoms with Crippen LogP contribution in [0.2, 0.25) is 5.02 Å². The average molecular weight is 417 g/mol. The molecule has 2 aromatic heterocycles. The van der Waals surface area contributed by atoms with Crippen molar-refractivity contribution >= 4 is 40.3 Å². The number of nitrogens with zero attached hydrogens (tertiary/aromatic N) is 3. The summed E-state index contributed by atoms with van der Waals surface area (Å²) < 4.78 is 1.50. The minimum atomic E-state index is -0.228. The fraction of sp³-hybridized carbons (Fsp3) is 0.350. The number of aliphatic hydroxyl groups is 1. The van der Waals surface area contributed by atoms with Gasteiger partial charge in [0.1, 0.15) is 5.65 Å². The van der Waals surface area contributed by atoms with Gasteiger partial charge >= 0.3 is 0 Å². The Bertz CT molecular complexity index is 1050. The lowest BCUT2D eigenvalue weighted by Crippen LogP contribution is -2.27. The maximum absolute atomic E-state index is 13.1. The fourth-order valence-corrected chi connectivity index (χ4v) is 4.78. The molecule has 1 aromatic carbocycles. The summed E-state index contributed by atoms with van der Waals surface area (Å²) in [6.45, 7) is -0.00224. The zero-order valence-electron chi connectivity index (χ0n) is 15.3. The Morgan fingerprint density at radius 2 is 2.04 bits per heavy atom. The van der Waals surface area contributed by atoms with Gasteiger partial charge in [0.25, 0.3) is 5.56 Å². The van der Waals surface area contributed by atoms with Gasteiger partial charge in [-0.3, -0.25) is 9.36 Å². The van der Waals surface area contributed by atoms with E-state index in [2.05, 4.69) is 15.3 Å². The van der Waals surface area contributed by atoms with Gasteiger partial charge in [0.15, 0.2) is 0 Å². The van der Waals surface area contributed by atoms with E-state index in [1.54, 1.807) is 18.3 Å². The molecule has 1 saturated heterocycles. The molecule has 8 heteroatoms. The molecule has 0 unspecified atom stereocenters. The molecule has 0 spiro atoms. The number of anilines is 1. The predicted octanol–water partition coefficient (Wildman–Crippen LogP) is 3.41. The minimum Gasteiger partial charge on any atom is -0.395 e. The molecule has 146 valence electrons. The molecular formula is C20H21ClN4O2S. The first-order chi connectivity index (χ1) is 13.7. The number of aromatic nitrogens is 3. The summed E-state index contributed by atoms with van der Waals surface area (Å²) in [4.78, 5) is 22.2. The summed E-state index contributed by atoms with van der Waals surface area (Å²) in [5.41, 5.74) is 1.41. The van der Waals surface area contributed by atoms with Crippen molar-refractivity contribution in [2.75, 3.05) is 23.4 Å². The molecule has 3 heterocycles. The number of fused-ring (bicyclic) bond motifs is 1. The van der Waals surface area contributed by atoms with Gasteiger partial charge in [-0.05, 0) is 36.5 Å². The summed E-state index contributed by atoms with van der Waals surface area (Å²) >= 11 is 8.26. The van der Waals surface area contributed by atoms with Crippen molar-refractivity contribution < 1.29 is 5.11 Å². The lowest BCUT2D eigenvalue weighted by Gasteiger charge is -2.22. The van der Waals surface area contributed by atoms with Gasteiger partial charge in [-0.1, -0.05) is 29.8 Å². The second-order valence-corrected chi connectivity index (χ2v) is 8.35. The molecule has 1 aliphatic heterocycles. The van der Waals surface area contributed by atoms with E-state index < -0.39 is 0 Å².